The number of alkyl carbamates (subject to hydrolysis) is 1. The number of carbonyl (C=O) groups is 1. The molecular formula is C15H24N4O2. The maximum Gasteiger partial charge on any atom is 0.407 e. The first-order chi connectivity index (χ1) is 9.94. The highest BCUT2D eigenvalue weighted by atomic mass is 16.6. The van der Waals surface area contributed by atoms with Gasteiger partial charge in [0.1, 0.15) is 5.60 Å². The summed E-state index contributed by atoms with van der Waals surface area (Å²) in [6, 6.07) is 1.81. The second-order valence-electron chi connectivity index (χ2n) is 6.39. The van der Waals surface area contributed by atoms with Crippen molar-refractivity contribution in [2.24, 2.45) is 5.92 Å². The third-order valence-electron chi connectivity index (χ3n) is 3.29. The van der Waals surface area contributed by atoms with Crippen LogP contribution in [0.15, 0.2) is 18.5 Å². The standard InChI is InChI=1S/C15H24N4O2/c1-15(2,3)21-14(20)18-10-12-6-4-9-19(11-12)13-16-7-5-8-17-13/h5,7-8,12H,4,6,9-11H2,1-3H3,(H,18,20). The van der Waals surface area contributed by atoms with Gasteiger partial charge in [-0.2, -0.15) is 0 Å². The second kappa shape index (κ2) is 6.74. The minimum Gasteiger partial charge on any atom is -0.444 e. The van der Waals surface area contributed by atoms with Gasteiger partial charge in [-0.3, -0.25) is 0 Å². The van der Waals surface area contributed by atoms with Crippen LogP contribution in [0.3, 0.4) is 0 Å². The highest BCUT2D eigenvalue weighted by molar-refractivity contribution is 5.67. The van der Waals surface area contributed by atoms with Crippen LogP contribution in [0.4, 0.5) is 10.7 Å². The number of nitrogens with one attached hydrogen (secondary N) is 1. The minimum absolute atomic E-state index is 0.351. The Hall–Kier alpha value is -1.85. The molecule has 2 rings (SSSR count). The maximum atomic E-state index is 11.7. The summed E-state index contributed by atoms with van der Waals surface area (Å²) in [5, 5.41) is 2.85. The van der Waals surface area contributed by atoms with E-state index in [2.05, 4.69) is 20.2 Å². The molecule has 1 aliphatic rings. The van der Waals surface area contributed by atoms with Gasteiger partial charge in [-0.25, -0.2) is 14.8 Å². The van der Waals surface area contributed by atoms with Gasteiger partial charge in [0.05, 0.1) is 0 Å². The lowest BCUT2D eigenvalue weighted by atomic mass is 9.98. The summed E-state index contributed by atoms with van der Waals surface area (Å²) >= 11 is 0. The topological polar surface area (TPSA) is 67.3 Å². The Morgan fingerprint density at radius 2 is 2.14 bits per heavy atom. The molecule has 1 aliphatic heterocycles. The van der Waals surface area contributed by atoms with Gasteiger partial charge in [0.25, 0.3) is 0 Å². The largest absolute Gasteiger partial charge is 0.444 e. The van der Waals surface area contributed by atoms with Crippen LogP contribution in [-0.2, 0) is 4.74 Å². The Kier molecular flexibility index (Phi) is 4.98. The number of hydrogen-bond acceptors (Lipinski definition) is 5. The number of rotatable bonds is 3. The Labute approximate surface area is 125 Å². The van der Waals surface area contributed by atoms with Crippen LogP contribution in [0.25, 0.3) is 0 Å². The molecule has 2 heterocycles. The van der Waals surface area contributed by atoms with Crippen LogP contribution in [0.2, 0.25) is 0 Å². The van der Waals surface area contributed by atoms with E-state index in [0.717, 1.165) is 31.9 Å². The number of hydrogen-bond donors (Lipinski definition) is 1. The van der Waals surface area contributed by atoms with E-state index in [4.69, 9.17) is 4.74 Å². The molecule has 6 nitrogen and oxygen atoms in total. The molecule has 1 aromatic rings. The molecule has 116 valence electrons. The van der Waals surface area contributed by atoms with E-state index in [9.17, 15) is 4.79 Å². The smallest absolute Gasteiger partial charge is 0.407 e. The Morgan fingerprint density at radius 3 is 2.81 bits per heavy atom. The van der Waals surface area contributed by atoms with Gasteiger partial charge in [0.2, 0.25) is 5.95 Å². The molecule has 0 spiro atoms. The van der Waals surface area contributed by atoms with Crippen molar-refractivity contribution in [2.75, 3.05) is 24.5 Å². The van der Waals surface area contributed by atoms with Gasteiger partial charge in [-0.05, 0) is 45.6 Å². The minimum atomic E-state index is -0.458. The van der Waals surface area contributed by atoms with E-state index in [1.807, 2.05) is 26.8 Å². The molecule has 0 saturated carbocycles. The first-order valence-corrected chi connectivity index (χ1v) is 7.43. The van der Waals surface area contributed by atoms with Crippen LogP contribution in [0, 0.1) is 5.92 Å². The highest BCUT2D eigenvalue weighted by Crippen LogP contribution is 2.19. The molecule has 1 N–H and O–H groups in total. The number of nitrogens with zero attached hydrogens (tertiary/aromatic N) is 3. The molecule has 1 amide bonds. The van der Waals surface area contributed by atoms with E-state index in [1.165, 1.54) is 0 Å². The first kappa shape index (κ1) is 15.5. The number of piperidine rings is 1. The summed E-state index contributed by atoms with van der Waals surface area (Å²) in [5.74, 6) is 1.16. The Balaban J connectivity index is 1.81. The van der Waals surface area contributed by atoms with Crippen molar-refractivity contribution in [1.82, 2.24) is 15.3 Å². The van der Waals surface area contributed by atoms with Gasteiger partial charge in [-0.1, -0.05) is 0 Å². The molecule has 1 saturated heterocycles. The van der Waals surface area contributed by atoms with Gasteiger partial charge >= 0.3 is 6.09 Å². The zero-order valence-corrected chi connectivity index (χ0v) is 13.0. The van der Waals surface area contributed by atoms with E-state index in [1.54, 1.807) is 12.4 Å². The van der Waals surface area contributed by atoms with Crippen molar-refractivity contribution in [2.45, 2.75) is 39.2 Å². The molecule has 21 heavy (non-hydrogen) atoms. The zero-order chi connectivity index (χ0) is 15.3. The molecule has 1 fully saturated rings. The molecule has 6 heteroatoms. The third-order valence-corrected chi connectivity index (χ3v) is 3.29. The van der Waals surface area contributed by atoms with Crippen molar-refractivity contribution in [1.29, 1.82) is 0 Å². The Bertz CT molecular complexity index is 458. The van der Waals surface area contributed by atoms with Crippen LogP contribution in [0.5, 0.6) is 0 Å². The van der Waals surface area contributed by atoms with Crippen LogP contribution in [-0.4, -0.2) is 41.3 Å². The van der Waals surface area contributed by atoms with E-state index < -0.39 is 5.60 Å². The number of anilines is 1. The summed E-state index contributed by atoms with van der Waals surface area (Å²) in [6.45, 7) is 8.04. The summed E-state index contributed by atoms with van der Waals surface area (Å²) in [6.07, 6.45) is 5.34. The third kappa shape index (κ3) is 5.21. The summed E-state index contributed by atoms with van der Waals surface area (Å²) in [7, 11) is 0. The average molecular weight is 292 g/mol. The fourth-order valence-corrected chi connectivity index (χ4v) is 2.41. The molecular weight excluding hydrogens is 268 g/mol. The fourth-order valence-electron chi connectivity index (χ4n) is 2.41. The van der Waals surface area contributed by atoms with E-state index in [-0.39, 0.29) is 6.09 Å². The molecule has 0 bridgehead atoms. The zero-order valence-electron chi connectivity index (χ0n) is 13.0. The van der Waals surface area contributed by atoms with E-state index >= 15 is 0 Å². The van der Waals surface area contributed by atoms with E-state index in [0.29, 0.717) is 12.5 Å². The molecule has 1 unspecified atom stereocenters. The van der Waals surface area contributed by atoms with Gasteiger partial charge in [0.15, 0.2) is 0 Å². The lowest BCUT2D eigenvalue weighted by Crippen LogP contribution is -2.42. The molecule has 0 aliphatic carbocycles. The lowest BCUT2D eigenvalue weighted by Gasteiger charge is -2.32. The monoisotopic (exact) mass is 292 g/mol. The summed E-state index contributed by atoms with van der Waals surface area (Å²) < 4.78 is 5.25. The van der Waals surface area contributed by atoms with Gasteiger partial charge in [-0.15, -0.1) is 0 Å². The highest BCUT2D eigenvalue weighted by Gasteiger charge is 2.23. The molecule has 1 atom stereocenters. The number of amides is 1. The predicted octanol–water partition coefficient (Wildman–Crippen LogP) is 2.22. The van der Waals surface area contributed by atoms with Crippen molar-refractivity contribution < 1.29 is 9.53 Å². The normalized spacial score (nSPS) is 19.2. The number of aromatic nitrogens is 2. The van der Waals surface area contributed by atoms with Crippen LogP contribution in [0.1, 0.15) is 33.6 Å². The van der Waals surface area contributed by atoms with Crippen LogP contribution < -0.4 is 10.2 Å². The summed E-state index contributed by atoms with van der Waals surface area (Å²) in [4.78, 5) is 22.4. The fraction of sp³-hybridized carbons (Fsp3) is 0.667. The SMILES string of the molecule is CC(C)(C)OC(=O)NCC1CCCN(c2ncccn2)C1. The van der Waals surface area contributed by atoms with Gasteiger partial charge in [0, 0.05) is 32.0 Å². The average Bonchev–Trinajstić information content (AvgIpc) is 2.45. The van der Waals surface area contributed by atoms with Crippen molar-refractivity contribution in [3.63, 3.8) is 0 Å². The Morgan fingerprint density at radius 1 is 1.43 bits per heavy atom. The molecule has 0 radical (unpaired) electrons. The molecule has 1 aromatic heterocycles. The maximum absolute atomic E-state index is 11.7. The van der Waals surface area contributed by atoms with Crippen molar-refractivity contribution in [3.05, 3.63) is 18.5 Å². The lowest BCUT2D eigenvalue weighted by molar-refractivity contribution is 0.0517. The number of ether oxygens (including phenoxy) is 1. The quantitative estimate of drug-likeness (QED) is 0.925. The second-order valence-corrected chi connectivity index (χ2v) is 6.39. The van der Waals surface area contributed by atoms with Crippen molar-refractivity contribution >= 4 is 12.0 Å². The summed E-state index contributed by atoms with van der Waals surface area (Å²) in [5.41, 5.74) is -0.458. The predicted molar refractivity (Wildman–Crippen MR) is 81.2 cm³/mol. The molecule has 0 aromatic carbocycles. The van der Waals surface area contributed by atoms with Crippen molar-refractivity contribution in [3.8, 4) is 0 Å². The van der Waals surface area contributed by atoms with Crippen LogP contribution >= 0.6 is 0 Å². The first-order valence-electron chi connectivity index (χ1n) is 7.43. The number of carbonyl (C=O) groups excluding carboxylic acids is 1. The van der Waals surface area contributed by atoms with Gasteiger partial charge < -0.3 is 15.0 Å².